The van der Waals surface area contributed by atoms with Crippen molar-refractivity contribution in [2.24, 2.45) is 5.73 Å². The summed E-state index contributed by atoms with van der Waals surface area (Å²) in [6.45, 7) is 3.28. The summed E-state index contributed by atoms with van der Waals surface area (Å²) in [4.78, 5) is 34.7. The maximum atomic E-state index is 11.8. The van der Waals surface area contributed by atoms with Crippen molar-refractivity contribution in [3.05, 3.63) is 29.8 Å². The SMILES string of the molecule is CC(C)NC(=O)CSc1ccccc1C(=O)OCC(N)=O. The Morgan fingerprint density at radius 3 is 2.57 bits per heavy atom. The van der Waals surface area contributed by atoms with Crippen LogP contribution in [-0.2, 0) is 14.3 Å². The third-order valence-corrected chi connectivity index (χ3v) is 3.33. The van der Waals surface area contributed by atoms with E-state index in [1.807, 2.05) is 13.8 Å². The highest BCUT2D eigenvalue weighted by atomic mass is 32.2. The van der Waals surface area contributed by atoms with Crippen LogP contribution < -0.4 is 11.1 Å². The second kappa shape index (κ2) is 8.31. The van der Waals surface area contributed by atoms with Crippen LogP contribution in [0.15, 0.2) is 29.2 Å². The minimum absolute atomic E-state index is 0.0638. The summed E-state index contributed by atoms with van der Waals surface area (Å²) in [7, 11) is 0. The average Bonchev–Trinajstić information content (AvgIpc) is 2.42. The topological polar surface area (TPSA) is 98.5 Å². The Bertz CT molecular complexity index is 531. The Balaban J connectivity index is 2.68. The predicted octanol–water partition coefficient (Wildman–Crippen LogP) is 0.945. The Labute approximate surface area is 127 Å². The number of nitrogens with one attached hydrogen (secondary N) is 1. The number of hydrogen-bond donors (Lipinski definition) is 2. The van der Waals surface area contributed by atoms with E-state index in [4.69, 9.17) is 10.5 Å². The zero-order chi connectivity index (χ0) is 15.8. The van der Waals surface area contributed by atoms with Crippen LogP contribution in [0.3, 0.4) is 0 Å². The van der Waals surface area contributed by atoms with Crippen molar-refractivity contribution >= 4 is 29.5 Å². The van der Waals surface area contributed by atoms with Gasteiger partial charge >= 0.3 is 5.97 Å². The highest BCUT2D eigenvalue weighted by Crippen LogP contribution is 2.23. The summed E-state index contributed by atoms with van der Waals surface area (Å²) in [5.41, 5.74) is 5.23. The van der Waals surface area contributed by atoms with Gasteiger partial charge in [0.1, 0.15) is 0 Å². The van der Waals surface area contributed by atoms with Crippen molar-refractivity contribution in [1.29, 1.82) is 0 Å². The summed E-state index contributed by atoms with van der Waals surface area (Å²) in [6, 6.07) is 6.79. The molecule has 1 aromatic rings. The molecule has 0 aliphatic heterocycles. The molecule has 1 aromatic carbocycles. The van der Waals surface area contributed by atoms with Gasteiger partial charge in [-0.1, -0.05) is 12.1 Å². The molecule has 6 nitrogen and oxygen atoms in total. The van der Waals surface area contributed by atoms with Gasteiger partial charge in [-0.05, 0) is 26.0 Å². The lowest BCUT2D eigenvalue weighted by Gasteiger charge is -2.10. The van der Waals surface area contributed by atoms with Gasteiger partial charge in [-0.15, -0.1) is 11.8 Å². The molecule has 21 heavy (non-hydrogen) atoms. The smallest absolute Gasteiger partial charge is 0.339 e. The molecule has 0 atom stereocenters. The van der Waals surface area contributed by atoms with Crippen molar-refractivity contribution in [1.82, 2.24) is 5.32 Å². The van der Waals surface area contributed by atoms with Crippen LogP contribution in [0.4, 0.5) is 0 Å². The number of nitrogens with two attached hydrogens (primary N) is 1. The molecule has 1 rings (SSSR count). The monoisotopic (exact) mass is 310 g/mol. The molecule has 0 aromatic heterocycles. The van der Waals surface area contributed by atoms with Crippen LogP contribution in [-0.4, -0.2) is 36.2 Å². The first-order valence-electron chi connectivity index (χ1n) is 6.36. The summed E-state index contributed by atoms with van der Waals surface area (Å²) >= 11 is 1.23. The van der Waals surface area contributed by atoms with Crippen LogP contribution >= 0.6 is 11.8 Å². The maximum absolute atomic E-state index is 11.8. The van der Waals surface area contributed by atoms with E-state index in [2.05, 4.69) is 5.32 Å². The molecular formula is C14H18N2O4S. The fourth-order valence-corrected chi connectivity index (χ4v) is 2.33. The fraction of sp³-hybridized carbons (Fsp3) is 0.357. The van der Waals surface area contributed by atoms with Gasteiger partial charge in [0.05, 0.1) is 11.3 Å². The van der Waals surface area contributed by atoms with E-state index in [0.29, 0.717) is 10.5 Å². The normalized spacial score (nSPS) is 10.2. The van der Waals surface area contributed by atoms with Crippen molar-refractivity contribution < 1.29 is 19.1 Å². The molecule has 2 amide bonds. The largest absolute Gasteiger partial charge is 0.452 e. The fourth-order valence-electron chi connectivity index (χ4n) is 1.48. The molecule has 0 saturated carbocycles. The van der Waals surface area contributed by atoms with E-state index in [1.165, 1.54) is 11.8 Å². The van der Waals surface area contributed by atoms with Gasteiger partial charge in [0.25, 0.3) is 5.91 Å². The number of thioether (sulfide) groups is 1. The summed E-state index contributed by atoms with van der Waals surface area (Å²) in [6.07, 6.45) is 0. The zero-order valence-corrected chi connectivity index (χ0v) is 12.7. The van der Waals surface area contributed by atoms with Crippen molar-refractivity contribution in [2.75, 3.05) is 12.4 Å². The van der Waals surface area contributed by atoms with Crippen molar-refractivity contribution in [3.8, 4) is 0 Å². The molecular weight excluding hydrogens is 292 g/mol. The number of hydrogen-bond acceptors (Lipinski definition) is 5. The lowest BCUT2D eigenvalue weighted by molar-refractivity contribution is -0.121. The molecule has 0 aliphatic carbocycles. The van der Waals surface area contributed by atoms with Crippen LogP contribution in [0.2, 0.25) is 0 Å². The second-order valence-electron chi connectivity index (χ2n) is 4.55. The molecule has 0 bridgehead atoms. The van der Waals surface area contributed by atoms with E-state index in [-0.39, 0.29) is 17.7 Å². The standard InChI is InChI=1S/C14H18N2O4S/c1-9(2)16-13(18)8-21-11-6-4-3-5-10(11)14(19)20-7-12(15)17/h3-6,9H,7-8H2,1-2H3,(H2,15,17)(H,16,18). The number of esters is 1. The van der Waals surface area contributed by atoms with Gasteiger partial charge < -0.3 is 15.8 Å². The Kier molecular flexibility index (Phi) is 6.74. The first kappa shape index (κ1) is 17.0. The van der Waals surface area contributed by atoms with Crippen molar-refractivity contribution in [2.45, 2.75) is 24.8 Å². The van der Waals surface area contributed by atoms with Gasteiger partial charge in [0, 0.05) is 10.9 Å². The van der Waals surface area contributed by atoms with Gasteiger partial charge in [0.2, 0.25) is 5.91 Å². The molecule has 3 N–H and O–H groups in total. The third-order valence-electron chi connectivity index (χ3n) is 2.26. The third kappa shape index (κ3) is 6.31. The van der Waals surface area contributed by atoms with Gasteiger partial charge in [-0.25, -0.2) is 4.79 Å². The average molecular weight is 310 g/mol. The predicted molar refractivity (Wildman–Crippen MR) is 79.9 cm³/mol. The Hall–Kier alpha value is -2.02. The van der Waals surface area contributed by atoms with E-state index >= 15 is 0 Å². The number of rotatable bonds is 7. The number of amides is 2. The lowest BCUT2D eigenvalue weighted by atomic mass is 10.2. The second-order valence-corrected chi connectivity index (χ2v) is 5.57. The molecule has 0 radical (unpaired) electrons. The number of carbonyl (C=O) groups excluding carboxylic acids is 3. The molecule has 0 saturated heterocycles. The Morgan fingerprint density at radius 2 is 1.95 bits per heavy atom. The summed E-state index contributed by atoms with van der Waals surface area (Å²) in [5, 5.41) is 2.76. The number of primary amides is 1. The van der Waals surface area contributed by atoms with Crippen LogP contribution in [0.1, 0.15) is 24.2 Å². The maximum Gasteiger partial charge on any atom is 0.339 e. The quantitative estimate of drug-likeness (QED) is 0.577. The van der Waals surface area contributed by atoms with Crippen LogP contribution in [0, 0.1) is 0 Å². The molecule has 0 spiro atoms. The molecule has 7 heteroatoms. The molecule has 0 heterocycles. The first-order chi connectivity index (χ1) is 9.90. The molecule has 0 fully saturated rings. The van der Waals surface area contributed by atoms with Crippen LogP contribution in [0.5, 0.6) is 0 Å². The first-order valence-corrected chi connectivity index (χ1v) is 7.35. The van der Waals surface area contributed by atoms with Gasteiger partial charge in [0.15, 0.2) is 6.61 Å². The molecule has 0 unspecified atom stereocenters. The van der Waals surface area contributed by atoms with Gasteiger partial charge in [-0.3, -0.25) is 9.59 Å². The highest BCUT2D eigenvalue weighted by molar-refractivity contribution is 8.00. The minimum Gasteiger partial charge on any atom is -0.452 e. The van der Waals surface area contributed by atoms with Gasteiger partial charge in [-0.2, -0.15) is 0 Å². The minimum atomic E-state index is -0.718. The van der Waals surface area contributed by atoms with E-state index in [0.717, 1.165) is 0 Å². The lowest BCUT2D eigenvalue weighted by Crippen LogP contribution is -2.31. The van der Waals surface area contributed by atoms with E-state index in [1.54, 1.807) is 24.3 Å². The molecule has 114 valence electrons. The zero-order valence-electron chi connectivity index (χ0n) is 11.9. The number of carbonyl (C=O) groups is 3. The summed E-state index contributed by atoms with van der Waals surface area (Å²) < 4.78 is 4.77. The summed E-state index contributed by atoms with van der Waals surface area (Å²) in [5.74, 6) is -1.28. The van der Waals surface area contributed by atoms with Crippen molar-refractivity contribution in [3.63, 3.8) is 0 Å². The van der Waals surface area contributed by atoms with E-state index in [9.17, 15) is 14.4 Å². The van der Waals surface area contributed by atoms with Crippen LogP contribution in [0.25, 0.3) is 0 Å². The van der Waals surface area contributed by atoms with E-state index < -0.39 is 18.5 Å². The molecule has 0 aliphatic rings. The highest BCUT2D eigenvalue weighted by Gasteiger charge is 2.15. The number of benzene rings is 1. The Morgan fingerprint density at radius 1 is 1.29 bits per heavy atom. The number of ether oxygens (including phenoxy) is 1.